The van der Waals surface area contributed by atoms with Crippen LogP contribution in [0.15, 0.2) is 29.3 Å². The Bertz CT molecular complexity index is 637. The molecule has 3 N–H and O–H groups in total. The van der Waals surface area contributed by atoms with Crippen LogP contribution in [0.25, 0.3) is 10.9 Å². The standard InChI is InChI=1S/C17H24N2O2S/c1-11(2)9-14(17(21)18-7-8-20)22-15-10-19-13-6-4-5-12(3)16(13)15/h4-6,10-11,14,19-20H,7-9H2,1-3H3,(H,18,21). The maximum absolute atomic E-state index is 12.3. The van der Waals surface area contributed by atoms with Gasteiger partial charge in [0.05, 0.1) is 11.9 Å². The number of hydrogen-bond donors (Lipinski definition) is 3. The highest BCUT2D eigenvalue weighted by Gasteiger charge is 2.22. The Labute approximate surface area is 135 Å². The maximum atomic E-state index is 12.3. The van der Waals surface area contributed by atoms with Gasteiger partial charge in [-0.1, -0.05) is 26.0 Å². The number of carbonyl (C=O) groups excluding carboxylic acids is 1. The lowest BCUT2D eigenvalue weighted by molar-refractivity contribution is -0.120. The van der Waals surface area contributed by atoms with Crippen molar-refractivity contribution in [3.8, 4) is 0 Å². The Morgan fingerprint density at radius 1 is 1.41 bits per heavy atom. The summed E-state index contributed by atoms with van der Waals surface area (Å²) in [7, 11) is 0. The molecule has 1 atom stereocenters. The molecule has 4 nitrogen and oxygen atoms in total. The van der Waals surface area contributed by atoms with Crippen LogP contribution in [0.3, 0.4) is 0 Å². The van der Waals surface area contributed by atoms with Gasteiger partial charge in [-0.05, 0) is 30.9 Å². The van der Waals surface area contributed by atoms with Crippen LogP contribution in [0.1, 0.15) is 25.8 Å². The van der Waals surface area contributed by atoms with Crippen LogP contribution in [0.5, 0.6) is 0 Å². The molecule has 22 heavy (non-hydrogen) atoms. The van der Waals surface area contributed by atoms with Crippen LogP contribution in [0.2, 0.25) is 0 Å². The Balaban J connectivity index is 2.23. The number of H-pyrrole nitrogens is 1. The van der Waals surface area contributed by atoms with Crippen LogP contribution in [-0.4, -0.2) is 34.4 Å². The molecule has 2 aromatic rings. The minimum absolute atomic E-state index is 0.00400. The van der Waals surface area contributed by atoms with E-state index in [0.29, 0.717) is 12.5 Å². The summed E-state index contributed by atoms with van der Waals surface area (Å²) < 4.78 is 0. The van der Waals surface area contributed by atoms with Gasteiger partial charge in [-0.25, -0.2) is 0 Å². The molecule has 0 bridgehead atoms. The van der Waals surface area contributed by atoms with Crippen LogP contribution in [-0.2, 0) is 4.79 Å². The first-order valence-electron chi connectivity index (χ1n) is 7.64. The number of aromatic nitrogens is 1. The first-order valence-corrected chi connectivity index (χ1v) is 8.52. The summed E-state index contributed by atoms with van der Waals surface area (Å²) in [5, 5.41) is 12.7. The van der Waals surface area contributed by atoms with Gasteiger partial charge in [-0.2, -0.15) is 0 Å². The molecular formula is C17H24N2O2S. The average molecular weight is 320 g/mol. The van der Waals surface area contributed by atoms with Crippen LogP contribution >= 0.6 is 11.8 Å². The number of hydrogen-bond acceptors (Lipinski definition) is 3. The highest BCUT2D eigenvalue weighted by molar-refractivity contribution is 8.00. The number of amides is 1. The fraction of sp³-hybridized carbons (Fsp3) is 0.471. The van der Waals surface area contributed by atoms with Crippen LogP contribution < -0.4 is 5.32 Å². The van der Waals surface area contributed by atoms with Gasteiger partial charge < -0.3 is 15.4 Å². The van der Waals surface area contributed by atoms with Gasteiger partial charge in [0.2, 0.25) is 5.91 Å². The molecular weight excluding hydrogens is 296 g/mol. The lowest BCUT2D eigenvalue weighted by Crippen LogP contribution is -2.35. The first-order chi connectivity index (χ1) is 10.5. The lowest BCUT2D eigenvalue weighted by Gasteiger charge is -2.18. The maximum Gasteiger partial charge on any atom is 0.233 e. The van der Waals surface area contributed by atoms with Crippen molar-refractivity contribution in [1.82, 2.24) is 10.3 Å². The van der Waals surface area contributed by atoms with Gasteiger partial charge >= 0.3 is 0 Å². The number of aryl methyl sites for hydroxylation is 1. The molecule has 0 aliphatic carbocycles. The Hall–Kier alpha value is -1.46. The smallest absolute Gasteiger partial charge is 0.233 e. The summed E-state index contributed by atoms with van der Waals surface area (Å²) in [4.78, 5) is 16.7. The van der Waals surface area contributed by atoms with Crippen molar-refractivity contribution in [3.05, 3.63) is 30.0 Å². The second kappa shape index (κ2) is 7.70. The molecule has 120 valence electrons. The minimum atomic E-state index is -0.148. The molecule has 0 fully saturated rings. The van der Waals surface area contributed by atoms with Crippen molar-refractivity contribution in [2.24, 2.45) is 5.92 Å². The fourth-order valence-corrected chi connectivity index (χ4v) is 4.00. The van der Waals surface area contributed by atoms with E-state index < -0.39 is 0 Å². The van der Waals surface area contributed by atoms with Gasteiger partial charge in [-0.3, -0.25) is 4.79 Å². The molecule has 0 saturated carbocycles. The number of aliphatic hydroxyl groups excluding tert-OH is 1. The van der Waals surface area contributed by atoms with Gasteiger partial charge in [0, 0.05) is 28.5 Å². The van der Waals surface area contributed by atoms with Crippen LogP contribution in [0, 0.1) is 12.8 Å². The Morgan fingerprint density at radius 2 is 2.18 bits per heavy atom. The third kappa shape index (κ3) is 4.05. The number of thioether (sulfide) groups is 1. The molecule has 1 heterocycles. The zero-order chi connectivity index (χ0) is 16.1. The quantitative estimate of drug-likeness (QED) is 0.687. The summed E-state index contributed by atoms with van der Waals surface area (Å²) in [6.07, 6.45) is 2.79. The largest absolute Gasteiger partial charge is 0.395 e. The predicted octanol–water partition coefficient (Wildman–Crippen LogP) is 3.09. The zero-order valence-corrected chi connectivity index (χ0v) is 14.2. The summed E-state index contributed by atoms with van der Waals surface area (Å²) >= 11 is 1.60. The van der Waals surface area contributed by atoms with Gasteiger partial charge in [0.1, 0.15) is 0 Å². The third-order valence-corrected chi connectivity index (χ3v) is 4.80. The third-order valence-electron chi connectivity index (χ3n) is 3.54. The van der Waals surface area contributed by atoms with E-state index in [4.69, 9.17) is 5.11 Å². The summed E-state index contributed by atoms with van der Waals surface area (Å²) in [6.45, 7) is 6.60. The van der Waals surface area contributed by atoms with E-state index in [-0.39, 0.29) is 17.8 Å². The van der Waals surface area contributed by atoms with E-state index in [1.165, 1.54) is 10.9 Å². The molecule has 0 aliphatic heterocycles. The monoisotopic (exact) mass is 320 g/mol. The van der Waals surface area contributed by atoms with Crippen molar-refractivity contribution in [3.63, 3.8) is 0 Å². The number of fused-ring (bicyclic) bond motifs is 1. The molecule has 0 saturated heterocycles. The summed E-state index contributed by atoms with van der Waals surface area (Å²) in [5.74, 6) is 0.430. The van der Waals surface area contributed by atoms with Crippen molar-refractivity contribution in [2.45, 2.75) is 37.3 Å². The molecule has 0 radical (unpaired) electrons. The number of nitrogens with one attached hydrogen (secondary N) is 2. The molecule has 2 rings (SSSR count). The number of rotatable bonds is 7. The fourth-order valence-electron chi connectivity index (χ4n) is 2.51. The van der Waals surface area contributed by atoms with Gasteiger partial charge in [-0.15, -0.1) is 11.8 Å². The summed E-state index contributed by atoms with van der Waals surface area (Å²) in [5.41, 5.74) is 2.31. The van der Waals surface area contributed by atoms with Crippen molar-refractivity contribution in [1.29, 1.82) is 0 Å². The molecule has 5 heteroatoms. The first kappa shape index (κ1) is 16.9. The summed E-state index contributed by atoms with van der Waals surface area (Å²) in [6, 6.07) is 6.17. The van der Waals surface area contributed by atoms with Crippen molar-refractivity contribution >= 4 is 28.6 Å². The molecule has 0 aliphatic rings. The topological polar surface area (TPSA) is 65.1 Å². The minimum Gasteiger partial charge on any atom is -0.395 e. The number of benzene rings is 1. The molecule has 1 aromatic heterocycles. The second-order valence-electron chi connectivity index (χ2n) is 5.90. The van der Waals surface area contributed by atoms with E-state index >= 15 is 0 Å². The van der Waals surface area contributed by atoms with Crippen LogP contribution in [0.4, 0.5) is 0 Å². The SMILES string of the molecule is Cc1cccc2[nH]cc(SC(CC(C)C)C(=O)NCCO)c12. The molecule has 1 aromatic carbocycles. The molecule has 0 spiro atoms. The van der Waals surface area contributed by atoms with Gasteiger partial charge in [0.15, 0.2) is 0 Å². The van der Waals surface area contributed by atoms with E-state index in [2.05, 4.69) is 43.2 Å². The Kier molecular flexibility index (Phi) is 5.91. The number of carbonyl (C=O) groups is 1. The second-order valence-corrected chi connectivity index (χ2v) is 7.15. The van der Waals surface area contributed by atoms with Gasteiger partial charge in [0.25, 0.3) is 0 Å². The van der Waals surface area contributed by atoms with E-state index in [0.717, 1.165) is 16.8 Å². The number of aliphatic hydroxyl groups is 1. The average Bonchev–Trinajstić information content (AvgIpc) is 2.88. The normalized spacial score (nSPS) is 12.8. The lowest BCUT2D eigenvalue weighted by atomic mass is 10.1. The van der Waals surface area contributed by atoms with Crippen molar-refractivity contribution < 1.29 is 9.90 Å². The zero-order valence-electron chi connectivity index (χ0n) is 13.3. The van der Waals surface area contributed by atoms with E-state index in [1.54, 1.807) is 11.8 Å². The molecule has 1 amide bonds. The highest BCUT2D eigenvalue weighted by Crippen LogP contribution is 2.35. The van der Waals surface area contributed by atoms with E-state index in [9.17, 15) is 4.79 Å². The van der Waals surface area contributed by atoms with E-state index in [1.807, 2.05) is 12.3 Å². The van der Waals surface area contributed by atoms with Crippen molar-refractivity contribution in [2.75, 3.05) is 13.2 Å². The number of aromatic amines is 1. The Morgan fingerprint density at radius 3 is 2.86 bits per heavy atom. The molecule has 1 unspecified atom stereocenters. The highest BCUT2D eigenvalue weighted by atomic mass is 32.2. The predicted molar refractivity (Wildman–Crippen MR) is 92.2 cm³/mol.